The van der Waals surface area contributed by atoms with Gasteiger partial charge in [-0.2, -0.15) is 9.29 Å². The Morgan fingerprint density at radius 2 is 2.08 bits per heavy atom. The van der Waals surface area contributed by atoms with Crippen molar-refractivity contribution in [2.24, 2.45) is 0 Å². The van der Waals surface area contributed by atoms with Crippen molar-refractivity contribution < 1.29 is 46.9 Å². The third-order valence-electron chi connectivity index (χ3n) is 3.12. The molecule has 1 aliphatic rings. The fourth-order valence-electron chi connectivity index (χ4n) is 2.08. The predicted molar refractivity (Wildman–Crippen MR) is 80.9 cm³/mol. The molecule has 2 heterocycles. The standard InChI is InChI=1S/C10H14FN3O10P2/c11-3-5-8(15)6(4-22-26(20,21)24-25(17,18)19)23-9(5)14-2-1-7(12)13-10(14)16/h1-3,6,8-9,15H,4H2,(H,20,21)(H2,12,13,16)(H2,17,18,19). The summed E-state index contributed by atoms with van der Waals surface area (Å²) in [5.41, 5.74) is 4.00. The molecule has 0 aliphatic carbocycles. The summed E-state index contributed by atoms with van der Waals surface area (Å²) in [6.07, 6.45) is -3.52. The number of anilines is 1. The van der Waals surface area contributed by atoms with E-state index in [4.69, 9.17) is 20.3 Å². The van der Waals surface area contributed by atoms with Crippen molar-refractivity contribution in [3.63, 3.8) is 0 Å². The molecule has 0 amide bonds. The zero-order valence-corrected chi connectivity index (χ0v) is 14.4. The van der Waals surface area contributed by atoms with Gasteiger partial charge in [0.15, 0.2) is 6.23 Å². The first-order valence-electron chi connectivity index (χ1n) is 6.66. The highest BCUT2D eigenvalue weighted by molar-refractivity contribution is 7.60. The van der Waals surface area contributed by atoms with Crippen LogP contribution in [0.5, 0.6) is 0 Å². The van der Waals surface area contributed by atoms with Crippen LogP contribution in [-0.2, 0) is 22.7 Å². The fraction of sp³-hybridized carbons (Fsp3) is 0.400. The van der Waals surface area contributed by atoms with Crippen LogP contribution in [0.2, 0.25) is 0 Å². The van der Waals surface area contributed by atoms with E-state index in [1.54, 1.807) is 0 Å². The number of phosphoric ester groups is 1. The number of aromatic nitrogens is 2. The van der Waals surface area contributed by atoms with E-state index in [0.717, 1.165) is 10.8 Å². The summed E-state index contributed by atoms with van der Waals surface area (Å²) in [5, 5.41) is 10.0. The van der Waals surface area contributed by atoms with Crippen molar-refractivity contribution in [2.75, 3.05) is 12.3 Å². The van der Waals surface area contributed by atoms with Crippen LogP contribution in [0.25, 0.3) is 0 Å². The number of phosphoric acid groups is 2. The Labute approximate surface area is 144 Å². The predicted octanol–water partition coefficient (Wildman–Crippen LogP) is -0.837. The van der Waals surface area contributed by atoms with Crippen molar-refractivity contribution in [1.29, 1.82) is 0 Å². The molecule has 2 rings (SSSR count). The second-order valence-electron chi connectivity index (χ2n) is 4.96. The highest BCUT2D eigenvalue weighted by atomic mass is 31.3. The van der Waals surface area contributed by atoms with Crippen molar-refractivity contribution in [3.8, 4) is 0 Å². The minimum Gasteiger partial charge on any atom is -0.386 e. The average Bonchev–Trinajstić information content (AvgIpc) is 2.79. The molecule has 1 fully saturated rings. The van der Waals surface area contributed by atoms with E-state index in [1.165, 1.54) is 6.07 Å². The molecule has 0 saturated carbocycles. The van der Waals surface area contributed by atoms with Gasteiger partial charge in [0.05, 0.1) is 12.9 Å². The molecule has 1 aliphatic heterocycles. The number of nitrogen functional groups attached to an aromatic ring is 1. The van der Waals surface area contributed by atoms with E-state index in [2.05, 4.69) is 13.8 Å². The normalized spacial score (nSPS) is 27.6. The number of halogens is 1. The van der Waals surface area contributed by atoms with Gasteiger partial charge >= 0.3 is 21.3 Å². The Morgan fingerprint density at radius 3 is 2.62 bits per heavy atom. The Balaban J connectivity index is 2.16. The first kappa shape index (κ1) is 20.8. The van der Waals surface area contributed by atoms with Crippen molar-refractivity contribution >= 4 is 21.5 Å². The number of aliphatic hydroxyl groups excluding tert-OH is 1. The fourth-order valence-corrected chi connectivity index (χ4v) is 3.68. The van der Waals surface area contributed by atoms with E-state index in [-0.39, 0.29) is 12.1 Å². The summed E-state index contributed by atoms with van der Waals surface area (Å²) in [7, 11) is -10.5. The van der Waals surface area contributed by atoms with Crippen LogP contribution in [0.3, 0.4) is 0 Å². The van der Waals surface area contributed by atoms with Crippen LogP contribution in [0.15, 0.2) is 29.0 Å². The number of hydrogen-bond donors (Lipinski definition) is 5. The number of aliphatic hydroxyl groups is 1. The lowest BCUT2D eigenvalue weighted by Crippen LogP contribution is -2.28. The molecule has 1 aromatic rings. The van der Waals surface area contributed by atoms with Gasteiger partial charge in [-0.05, 0) is 6.07 Å². The molecule has 26 heavy (non-hydrogen) atoms. The third kappa shape index (κ3) is 5.04. The average molecular weight is 417 g/mol. The molecule has 4 unspecified atom stereocenters. The van der Waals surface area contributed by atoms with Crippen LogP contribution in [0.4, 0.5) is 10.2 Å². The molecule has 4 atom stereocenters. The summed E-state index contributed by atoms with van der Waals surface area (Å²) in [5.74, 6) is -0.105. The molecule has 1 aromatic heterocycles. The molecule has 0 radical (unpaired) electrons. The van der Waals surface area contributed by atoms with Gasteiger partial charge in [0, 0.05) is 11.8 Å². The second kappa shape index (κ2) is 7.64. The van der Waals surface area contributed by atoms with Crippen LogP contribution < -0.4 is 11.4 Å². The zero-order chi connectivity index (χ0) is 19.7. The summed E-state index contributed by atoms with van der Waals surface area (Å²) < 4.78 is 49.0. The second-order valence-corrected chi connectivity index (χ2v) is 7.79. The molecular formula is C10H14FN3O10P2. The van der Waals surface area contributed by atoms with E-state index in [9.17, 15) is 28.3 Å². The van der Waals surface area contributed by atoms with Crippen LogP contribution in [0, 0.1) is 0 Å². The highest BCUT2D eigenvalue weighted by Crippen LogP contribution is 2.57. The smallest absolute Gasteiger partial charge is 0.386 e. The maximum absolute atomic E-state index is 13.1. The largest absolute Gasteiger partial charge is 0.481 e. The topological polar surface area (TPSA) is 204 Å². The minimum atomic E-state index is -5.33. The van der Waals surface area contributed by atoms with Crippen LogP contribution >= 0.6 is 15.6 Å². The van der Waals surface area contributed by atoms with Crippen molar-refractivity contribution in [3.05, 3.63) is 34.7 Å². The highest BCUT2D eigenvalue weighted by Gasteiger charge is 2.43. The Bertz CT molecular complexity index is 854. The van der Waals surface area contributed by atoms with E-state index < -0.39 is 52.0 Å². The van der Waals surface area contributed by atoms with E-state index in [0.29, 0.717) is 0 Å². The van der Waals surface area contributed by atoms with Gasteiger partial charge in [0.1, 0.15) is 18.0 Å². The Morgan fingerprint density at radius 1 is 1.42 bits per heavy atom. The van der Waals surface area contributed by atoms with E-state index in [1.807, 2.05) is 0 Å². The number of rotatable bonds is 6. The lowest BCUT2D eigenvalue weighted by molar-refractivity contribution is -0.0438. The van der Waals surface area contributed by atoms with Crippen molar-refractivity contribution in [2.45, 2.75) is 18.4 Å². The lowest BCUT2D eigenvalue weighted by atomic mass is 10.1. The molecule has 13 nitrogen and oxygen atoms in total. The molecule has 0 aromatic carbocycles. The molecule has 146 valence electrons. The van der Waals surface area contributed by atoms with Gasteiger partial charge in [-0.15, -0.1) is 0 Å². The molecule has 16 heteroatoms. The van der Waals surface area contributed by atoms with Crippen molar-refractivity contribution in [1.82, 2.24) is 9.55 Å². The quantitative estimate of drug-likeness (QED) is 0.360. The number of nitrogens with two attached hydrogens (primary N) is 1. The number of hydrogen-bond acceptors (Lipinski definition) is 9. The molecule has 0 bridgehead atoms. The Hall–Kier alpha value is -1.47. The monoisotopic (exact) mass is 417 g/mol. The lowest BCUT2D eigenvalue weighted by Gasteiger charge is -2.17. The number of ether oxygens (including phenoxy) is 1. The van der Waals surface area contributed by atoms with E-state index >= 15 is 0 Å². The van der Waals surface area contributed by atoms with Gasteiger partial charge < -0.3 is 30.3 Å². The minimum absolute atomic E-state index is 0.0250. The first-order chi connectivity index (χ1) is 11.9. The summed E-state index contributed by atoms with van der Waals surface area (Å²) in [6, 6.07) is 1.21. The maximum atomic E-state index is 13.1. The van der Waals surface area contributed by atoms with Gasteiger partial charge in [-0.1, -0.05) is 0 Å². The Kier molecular flexibility index (Phi) is 6.13. The summed E-state index contributed by atoms with van der Waals surface area (Å²) in [4.78, 5) is 41.4. The third-order valence-corrected chi connectivity index (χ3v) is 5.28. The zero-order valence-electron chi connectivity index (χ0n) is 12.7. The summed E-state index contributed by atoms with van der Waals surface area (Å²) in [6.45, 7) is -0.917. The van der Waals surface area contributed by atoms with Gasteiger partial charge in [-0.3, -0.25) is 9.09 Å². The molecular weight excluding hydrogens is 403 g/mol. The summed E-state index contributed by atoms with van der Waals surface area (Å²) >= 11 is 0. The van der Waals surface area contributed by atoms with Crippen LogP contribution in [0.1, 0.15) is 6.23 Å². The SMILES string of the molecule is Nc1ccn(C2OC(COP(=O)(O)OP(=O)(O)O)C(O)C2=CF)c(=O)n1. The van der Waals surface area contributed by atoms with Gasteiger partial charge in [0.2, 0.25) is 0 Å². The number of nitrogens with zero attached hydrogens (tertiary/aromatic N) is 2. The first-order valence-corrected chi connectivity index (χ1v) is 9.68. The maximum Gasteiger partial charge on any atom is 0.481 e. The molecule has 0 spiro atoms. The molecule has 1 saturated heterocycles. The molecule has 6 N–H and O–H groups in total. The van der Waals surface area contributed by atoms with Crippen LogP contribution in [-0.4, -0.2) is 48.2 Å². The van der Waals surface area contributed by atoms with Gasteiger partial charge in [-0.25, -0.2) is 18.3 Å². The van der Waals surface area contributed by atoms with Gasteiger partial charge in [0.25, 0.3) is 0 Å².